The molecule has 0 fully saturated rings. The van der Waals surface area contributed by atoms with E-state index in [1.54, 1.807) is 24.3 Å². The Morgan fingerprint density at radius 2 is 1.57 bits per heavy atom. The third kappa shape index (κ3) is 4.52. The standard InChI is InChI=1S/C16H16Cl3NO/c1-2-11(20)7-10-3-4-12(8-15(10)18)21-13-5-6-14(17)16(19)9-13/h3-6,8-9,11H,2,7,20H2,1H3. The molecule has 0 heterocycles. The first kappa shape index (κ1) is 16.4. The van der Waals surface area contributed by atoms with Crippen LogP contribution in [0, 0.1) is 0 Å². The molecule has 1 atom stereocenters. The van der Waals surface area contributed by atoms with E-state index in [0.717, 1.165) is 18.4 Å². The van der Waals surface area contributed by atoms with Gasteiger partial charge in [0.2, 0.25) is 0 Å². The van der Waals surface area contributed by atoms with Crippen LogP contribution in [0.1, 0.15) is 18.9 Å². The van der Waals surface area contributed by atoms with Crippen LogP contribution in [-0.4, -0.2) is 6.04 Å². The van der Waals surface area contributed by atoms with Crippen LogP contribution in [0.2, 0.25) is 15.1 Å². The molecule has 2 aromatic carbocycles. The van der Waals surface area contributed by atoms with E-state index < -0.39 is 0 Å². The van der Waals surface area contributed by atoms with Gasteiger partial charge in [-0.1, -0.05) is 47.8 Å². The van der Waals surface area contributed by atoms with Gasteiger partial charge in [0.1, 0.15) is 11.5 Å². The van der Waals surface area contributed by atoms with Crippen LogP contribution < -0.4 is 10.5 Å². The van der Waals surface area contributed by atoms with Crippen molar-refractivity contribution in [3.05, 3.63) is 57.0 Å². The highest BCUT2D eigenvalue weighted by molar-refractivity contribution is 6.42. The van der Waals surface area contributed by atoms with Crippen LogP contribution in [0.5, 0.6) is 11.5 Å². The van der Waals surface area contributed by atoms with Crippen molar-refractivity contribution in [3.63, 3.8) is 0 Å². The highest BCUT2D eigenvalue weighted by Crippen LogP contribution is 2.31. The molecule has 0 saturated heterocycles. The Labute approximate surface area is 139 Å². The van der Waals surface area contributed by atoms with E-state index in [4.69, 9.17) is 45.3 Å². The average Bonchev–Trinajstić information content (AvgIpc) is 2.45. The predicted octanol–water partition coefficient (Wildman–Crippen LogP) is 5.72. The number of hydrogen-bond donors (Lipinski definition) is 1. The molecular weight excluding hydrogens is 329 g/mol. The topological polar surface area (TPSA) is 35.2 Å². The molecular formula is C16H16Cl3NO. The molecule has 2 aromatic rings. The third-order valence-electron chi connectivity index (χ3n) is 3.16. The molecule has 0 bridgehead atoms. The Morgan fingerprint density at radius 1 is 0.952 bits per heavy atom. The summed E-state index contributed by atoms with van der Waals surface area (Å²) in [5.74, 6) is 1.26. The van der Waals surface area contributed by atoms with Crippen LogP contribution in [-0.2, 0) is 6.42 Å². The lowest BCUT2D eigenvalue weighted by atomic mass is 10.0. The molecule has 0 aliphatic carbocycles. The molecule has 1 unspecified atom stereocenters. The number of halogens is 3. The van der Waals surface area contributed by atoms with Gasteiger partial charge in [-0.3, -0.25) is 0 Å². The van der Waals surface area contributed by atoms with E-state index in [0.29, 0.717) is 26.6 Å². The Bertz CT molecular complexity index is 631. The van der Waals surface area contributed by atoms with Crippen molar-refractivity contribution in [2.75, 3.05) is 0 Å². The van der Waals surface area contributed by atoms with Crippen molar-refractivity contribution < 1.29 is 4.74 Å². The maximum atomic E-state index is 6.27. The van der Waals surface area contributed by atoms with E-state index in [1.807, 2.05) is 12.1 Å². The fourth-order valence-electron chi connectivity index (χ4n) is 1.86. The zero-order valence-electron chi connectivity index (χ0n) is 11.6. The van der Waals surface area contributed by atoms with E-state index >= 15 is 0 Å². The fourth-order valence-corrected chi connectivity index (χ4v) is 2.40. The molecule has 2 N–H and O–H groups in total. The number of hydrogen-bond acceptors (Lipinski definition) is 2. The molecule has 21 heavy (non-hydrogen) atoms. The van der Waals surface area contributed by atoms with Crippen LogP contribution in [0.15, 0.2) is 36.4 Å². The van der Waals surface area contributed by atoms with Crippen LogP contribution in [0.4, 0.5) is 0 Å². The van der Waals surface area contributed by atoms with Crippen molar-refractivity contribution in [2.45, 2.75) is 25.8 Å². The zero-order valence-corrected chi connectivity index (χ0v) is 13.8. The number of nitrogens with two attached hydrogens (primary N) is 1. The second kappa shape index (κ2) is 7.37. The lowest BCUT2D eigenvalue weighted by Crippen LogP contribution is -2.21. The molecule has 0 radical (unpaired) electrons. The van der Waals surface area contributed by atoms with Gasteiger partial charge in [-0.2, -0.15) is 0 Å². The van der Waals surface area contributed by atoms with Gasteiger partial charge in [0.25, 0.3) is 0 Å². The molecule has 0 saturated carbocycles. The molecule has 0 spiro atoms. The van der Waals surface area contributed by atoms with E-state index in [2.05, 4.69) is 6.92 Å². The smallest absolute Gasteiger partial charge is 0.129 e. The summed E-state index contributed by atoms with van der Waals surface area (Å²) in [6.45, 7) is 2.06. The van der Waals surface area contributed by atoms with Gasteiger partial charge in [0.15, 0.2) is 0 Å². The van der Waals surface area contributed by atoms with Gasteiger partial charge in [-0.15, -0.1) is 0 Å². The summed E-state index contributed by atoms with van der Waals surface area (Å²) in [4.78, 5) is 0. The van der Waals surface area contributed by atoms with Gasteiger partial charge < -0.3 is 10.5 Å². The maximum Gasteiger partial charge on any atom is 0.129 e. The molecule has 0 amide bonds. The summed E-state index contributed by atoms with van der Waals surface area (Å²) < 4.78 is 5.72. The van der Waals surface area contributed by atoms with Gasteiger partial charge in [0, 0.05) is 17.1 Å². The van der Waals surface area contributed by atoms with E-state index in [9.17, 15) is 0 Å². The zero-order chi connectivity index (χ0) is 15.4. The minimum atomic E-state index is 0.115. The Balaban J connectivity index is 2.14. The number of benzene rings is 2. The second-order valence-corrected chi connectivity index (χ2v) is 6.03. The molecule has 0 aliphatic rings. The summed E-state index contributed by atoms with van der Waals surface area (Å²) in [6.07, 6.45) is 1.67. The minimum Gasteiger partial charge on any atom is -0.457 e. The molecule has 2 rings (SSSR count). The Morgan fingerprint density at radius 3 is 2.14 bits per heavy atom. The van der Waals surface area contributed by atoms with Gasteiger partial charge >= 0.3 is 0 Å². The Hall–Kier alpha value is -0.930. The van der Waals surface area contributed by atoms with Crippen molar-refractivity contribution in [1.29, 1.82) is 0 Å². The van der Waals surface area contributed by atoms with Crippen LogP contribution >= 0.6 is 34.8 Å². The van der Waals surface area contributed by atoms with Crippen LogP contribution in [0.25, 0.3) is 0 Å². The molecule has 5 heteroatoms. The molecule has 0 aromatic heterocycles. The maximum absolute atomic E-state index is 6.27. The summed E-state index contributed by atoms with van der Waals surface area (Å²) >= 11 is 18.1. The number of rotatable bonds is 5. The van der Waals surface area contributed by atoms with Crippen molar-refractivity contribution >= 4 is 34.8 Å². The minimum absolute atomic E-state index is 0.115. The van der Waals surface area contributed by atoms with E-state index in [1.165, 1.54) is 0 Å². The predicted molar refractivity (Wildman–Crippen MR) is 90.0 cm³/mol. The first-order chi connectivity index (χ1) is 9.99. The monoisotopic (exact) mass is 343 g/mol. The van der Waals surface area contributed by atoms with Gasteiger partial charge in [-0.25, -0.2) is 0 Å². The average molecular weight is 345 g/mol. The van der Waals surface area contributed by atoms with Gasteiger partial charge in [-0.05, 0) is 42.7 Å². The van der Waals surface area contributed by atoms with Crippen LogP contribution in [0.3, 0.4) is 0 Å². The van der Waals surface area contributed by atoms with Crippen molar-refractivity contribution in [1.82, 2.24) is 0 Å². The van der Waals surface area contributed by atoms with E-state index in [-0.39, 0.29) is 6.04 Å². The quantitative estimate of drug-likeness (QED) is 0.753. The fraction of sp³-hybridized carbons (Fsp3) is 0.250. The normalized spacial score (nSPS) is 12.2. The lowest BCUT2D eigenvalue weighted by Gasteiger charge is -2.12. The molecule has 2 nitrogen and oxygen atoms in total. The SMILES string of the molecule is CCC(N)Cc1ccc(Oc2ccc(Cl)c(Cl)c2)cc1Cl. The second-order valence-electron chi connectivity index (χ2n) is 4.80. The van der Waals surface area contributed by atoms with Crippen molar-refractivity contribution in [2.24, 2.45) is 5.73 Å². The first-order valence-electron chi connectivity index (χ1n) is 6.66. The van der Waals surface area contributed by atoms with Crippen molar-refractivity contribution in [3.8, 4) is 11.5 Å². The molecule has 112 valence electrons. The molecule has 0 aliphatic heterocycles. The summed E-state index contributed by atoms with van der Waals surface area (Å²) in [7, 11) is 0. The summed E-state index contributed by atoms with van der Waals surface area (Å²) in [6, 6.07) is 10.8. The largest absolute Gasteiger partial charge is 0.457 e. The highest BCUT2D eigenvalue weighted by atomic mass is 35.5. The third-order valence-corrected chi connectivity index (χ3v) is 4.25. The highest BCUT2D eigenvalue weighted by Gasteiger charge is 2.08. The summed E-state index contributed by atoms with van der Waals surface area (Å²) in [5, 5.41) is 1.59. The number of ether oxygens (including phenoxy) is 1. The Kier molecular flexibility index (Phi) is 5.77. The summed E-state index contributed by atoms with van der Waals surface area (Å²) in [5.41, 5.74) is 6.97. The lowest BCUT2D eigenvalue weighted by molar-refractivity contribution is 0.482. The first-order valence-corrected chi connectivity index (χ1v) is 7.80. The van der Waals surface area contributed by atoms with Gasteiger partial charge in [0.05, 0.1) is 10.0 Å².